The van der Waals surface area contributed by atoms with Gasteiger partial charge in [-0.05, 0) is 51.8 Å². The van der Waals surface area contributed by atoms with Gasteiger partial charge in [-0.1, -0.05) is 23.2 Å². The molecule has 1 aromatic carbocycles. The number of nitrogens with zero attached hydrogens (tertiary/aromatic N) is 1. The summed E-state index contributed by atoms with van der Waals surface area (Å²) in [7, 11) is 0. The monoisotopic (exact) mass is 345 g/mol. The molecule has 4 nitrogen and oxygen atoms in total. The molecule has 2 rings (SSSR count). The van der Waals surface area contributed by atoms with E-state index in [1.807, 2.05) is 20.8 Å². The Labute approximate surface area is 141 Å². The number of ether oxygens (including phenoxy) is 2. The number of rotatable bonds is 2. The minimum atomic E-state index is -0.495. The van der Waals surface area contributed by atoms with E-state index in [0.717, 1.165) is 12.8 Å². The maximum Gasteiger partial charge on any atom is 0.410 e. The van der Waals surface area contributed by atoms with Crippen LogP contribution in [0.1, 0.15) is 33.6 Å². The average molecular weight is 346 g/mol. The second-order valence-electron chi connectivity index (χ2n) is 6.41. The lowest BCUT2D eigenvalue weighted by molar-refractivity contribution is 0.00776. The van der Waals surface area contributed by atoms with E-state index in [9.17, 15) is 4.79 Å². The van der Waals surface area contributed by atoms with Gasteiger partial charge in [-0.2, -0.15) is 0 Å². The highest BCUT2D eigenvalue weighted by atomic mass is 35.5. The standard InChI is InChI=1S/C16H21Cl2NO3/c1-16(2,3)22-15(20)19-6-4-5-13(10-19)21-14-8-11(17)7-12(18)9-14/h7-9,13H,4-6,10H2,1-3H3/t13-/m1/s1. The molecular weight excluding hydrogens is 325 g/mol. The second-order valence-corrected chi connectivity index (χ2v) is 7.29. The fraction of sp³-hybridized carbons (Fsp3) is 0.562. The number of piperidine rings is 1. The summed E-state index contributed by atoms with van der Waals surface area (Å²) in [6, 6.07) is 5.10. The van der Waals surface area contributed by atoms with E-state index in [2.05, 4.69) is 0 Å². The van der Waals surface area contributed by atoms with Gasteiger partial charge in [-0.3, -0.25) is 0 Å². The Bertz CT molecular complexity index is 522. The summed E-state index contributed by atoms with van der Waals surface area (Å²) in [5, 5.41) is 1.06. The van der Waals surface area contributed by atoms with Crippen molar-refractivity contribution in [2.45, 2.75) is 45.3 Å². The third kappa shape index (κ3) is 5.25. The van der Waals surface area contributed by atoms with Gasteiger partial charge in [0, 0.05) is 16.6 Å². The van der Waals surface area contributed by atoms with Crippen LogP contribution in [-0.4, -0.2) is 35.8 Å². The number of carbonyl (C=O) groups excluding carboxylic acids is 1. The molecule has 0 N–H and O–H groups in total. The number of hydrogen-bond donors (Lipinski definition) is 0. The van der Waals surface area contributed by atoms with E-state index < -0.39 is 5.60 Å². The largest absolute Gasteiger partial charge is 0.488 e. The van der Waals surface area contributed by atoms with Crippen LogP contribution in [0.15, 0.2) is 18.2 Å². The van der Waals surface area contributed by atoms with E-state index in [1.165, 1.54) is 0 Å². The quantitative estimate of drug-likeness (QED) is 0.774. The van der Waals surface area contributed by atoms with Crippen LogP contribution in [0.5, 0.6) is 5.75 Å². The lowest BCUT2D eigenvalue weighted by Gasteiger charge is -2.34. The SMILES string of the molecule is CC(C)(C)OC(=O)N1CCC[C@@H](Oc2cc(Cl)cc(Cl)c2)C1. The van der Waals surface area contributed by atoms with Gasteiger partial charge in [-0.25, -0.2) is 4.79 Å². The number of halogens is 2. The zero-order chi connectivity index (χ0) is 16.3. The van der Waals surface area contributed by atoms with Crippen LogP contribution in [-0.2, 0) is 4.74 Å². The van der Waals surface area contributed by atoms with Crippen molar-refractivity contribution in [3.63, 3.8) is 0 Å². The van der Waals surface area contributed by atoms with Crippen LogP contribution >= 0.6 is 23.2 Å². The van der Waals surface area contributed by atoms with Crippen molar-refractivity contribution in [1.82, 2.24) is 4.90 Å². The van der Waals surface area contributed by atoms with E-state index in [-0.39, 0.29) is 12.2 Å². The molecule has 22 heavy (non-hydrogen) atoms. The molecule has 0 unspecified atom stereocenters. The Morgan fingerprint density at radius 3 is 2.45 bits per heavy atom. The summed E-state index contributed by atoms with van der Waals surface area (Å²) in [6.07, 6.45) is 1.36. The molecule has 0 aliphatic carbocycles. The molecule has 0 aromatic heterocycles. The van der Waals surface area contributed by atoms with Crippen LogP contribution < -0.4 is 4.74 Å². The van der Waals surface area contributed by atoms with E-state index in [1.54, 1.807) is 23.1 Å². The van der Waals surface area contributed by atoms with Crippen LogP contribution in [0, 0.1) is 0 Å². The van der Waals surface area contributed by atoms with Crippen LogP contribution in [0.3, 0.4) is 0 Å². The Balaban J connectivity index is 1.97. The highest BCUT2D eigenvalue weighted by molar-refractivity contribution is 6.34. The van der Waals surface area contributed by atoms with Gasteiger partial charge in [0.05, 0.1) is 6.54 Å². The molecule has 1 amide bonds. The summed E-state index contributed by atoms with van der Waals surface area (Å²) < 4.78 is 11.3. The fourth-order valence-electron chi connectivity index (χ4n) is 2.32. The molecular formula is C16H21Cl2NO3. The normalized spacial score (nSPS) is 19.0. The Morgan fingerprint density at radius 2 is 1.86 bits per heavy atom. The number of amides is 1. The topological polar surface area (TPSA) is 38.8 Å². The first kappa shape index (κ1) is 17.2. The van der Waals surface area contributed by atoms with Crippen molar-refractivity contribution in [2.75, 3.05) is 13.1 Å². The summed E-state index contributed by atoms with van der Waals surface area (Å²) >= 11 is 11.9. The van der Waals surface area contributed by atoms with Crippen molar-refractivity contribution in [3.05, 3.63) is 28.2 Å². The smallest absolute Gasteiger partial charge is 0.410 e. The lowest BCUT2D eigenvalue weighted by Crippen LogP contribution is -2.46. The highest BCUT2D eigenvalue weighted by Gasteiger charge is 2.28. The summed E-state index contributed by atoms with van der Waals surface area (Å²) in [5.74, 6) is 0.619. The average Bonchev–Trinajstić information content (AvgIpc) is 2.35. The molecule has 1 atom stereocenters. The van der Waals surface area contributed by atoms with E-state index >= 15 is 0 Å². The summed E-state index contributed by atoms with van der Waals surface area (Å²) in [4.78, 5) is 13.8. The van der Waals surface area contributed by atoms with Crippen molar-refractivity contribution in [2.24, 2.45) is 0 Å². The molecule has 122 valence electrons. The predicted molar refractivity (Wildman–Crippen MR) is 87.9 cm³/mol. The second kappa shape index (κ2) is 6.97. The minimum Gasteiger partial charge on any atom is -0.488 e. The van der Waals surface area contributed by atoms with Crippen LogP contribution in [0.4, 0.5) is 4.79 Å². The molecule has 1 heterocycles. The summed E-state index contributed by atoms with van der Waals surface area (Å²) in [6.45, 7) is 6.76. The molecule has 0 saturated carbocycles. The molecule has 6 heteroatoms. The Morgan fingerprint density at radius 1 is 1.23 bits per heavy atom. The fourth-order valence-corrected chi connectivity index (χ4v) is 2.82. The minimum absolute atomic E-state index is 0.0872. The first-order valence-corrected chi connectivity index (χ1v) is 8.09. The maximum absolute atomic E-state index is 12.1. The van der Waals surface area contributed by atoms with E-state index in [0.29, 0.717) is 28.9 Å². The van der Waals surface area contributed by atoms with Gasteiger partial charge >= 0.3 is 6.09 Å². The highest BCUT2D eigenvalue weighted by Crippen LogP contribution is 2.26. The van der Waals surface area contributed by atoms with E-state index in [4.69, 9.17) is 32.7 Å². The van der Waals surface area contributed by atoms with Gasteiger partial charge < -0.3 is 14.4 Å². The zero-order valence-electron chi connectivity index (χ0n) is 13.1. The molecule has 1 fully saturated rings. The van der Waals surface area contributed by atoms with Gasteiger partial charge in [0.25, 0.3) is 0 Å². The first-order valence-electron chi connectivity index (χ1n) is 7.33. The molecule has 1 saturated heterocycles. The van der Waals surface area contributed by atoms with Crippen LogP contribution in [0.2, 0.25) is 10.0 Å². The number of carbonyl (C=O) groups is 1. The zero-order valence-corrected chi connectivity index (χ0v) is 14.6. The van der Waals surface area contributed by atoms with Crippen molar-refractivity contribution >= 4 is 29.3 Å². The Kier molecular flexibility index (Phi) is 5.45. The van der Waals surface area contributed by atoms with Gasteiger partial charge in [0.1, 0.15) is 17.5 Å². The summed E-state index contributed by atoms with van der Waals surface area (Å²) in [5.41, 5.74) is -0.495. The Hall–Kier alpha value is -1.13. The van der Waals surface area contributed by atoms with Gasteiger partial charge in [0.2, 0.25) is 0 Å². The molecule has 1 aromatic rings. The third-order valence-corrected chi connectivity index (χ3v) is 3.61. The molecule has 0 bridgehead atoms. The number of hydrogen-bond acceptors (Lipinski definition) is 3. The molecule has 1 aliphatic rings. The predicted octanol–water partition coefficient (Wildman–Crippen LogP) is 4.77. The number of benzene rings is 1. The third-order valence-electron chi connectivity index (χ3n) is 3.17. The first-order chi connectivity index (χ1) is 10.2. The maximum atomic E-state index is 12.1. The number of likely N-dealkylation sites (tertiary alicyclic amines) is 1. The van der Waals surface area contributed by atoms with Gasteiger partial charge in [-0.15, -0.1) is 0 Å². The molecule has 1 aliphatic heterocycles. The molecule has 0 spiro atoms. The molecule has 0 radical (unpaired) electrons. The van der Waals surface area contributed by atoms with Crippen LogP contribution in [0.25, 0.3) is 0 Å². The van der Waals surface area contributed by atoms with Gasteiger partial charge in [0.15, 0.2) is 0 Å². The van der Waals surface area contributed by atoms with Crippen molar-refractivity contribution in [3.8, 4) is 5.75 Å². The lowest BCUT2D eigenvalue weighted by atomic mass is 10.1. The van der Waals surface area contributed by atoms with Crippen molar-refractivity contribution < 1.29 is 14.3 Å². The van der Waals surface area contributed by atoms with Crippen molar-refractivity contribution in [1.29, 1.82) is 0 Å².